The van der Waals surface area contributed by atoms with Gasteiger partial charge in [-0.05, 0) is 29.8 Å². The molecular formula is C16H13BrN4O. The highest BCUT2D eigenvalue weighted by Crippen LogP contribution is 2.29. The molecule has 0 atom stereocenters. The van der Waals surface area contributed by atoms with E-state index in [4.69, 9.17) is 0 Å². The topological polar surface area (TPSA) is 41.4 Å². The molecule has 0 radical (unpaired) electrons. The maximum absolute atomic E-state index is 12.9. The highest BCUT2D eigenvalue weighted by molar-refractivity contribution is 9.10. The molecule has 1 aliphatic heterocycles. The molecule has 6 heteroatoms. The summed E-state index contributed by atoms with van der Waals surface area (Å²) in [5.74, 6) is 0. The van der Waals surface area contributed by atoms with Crippen LogP contribution in [-0.4, -0.2) is 21.7 Å². The van der Waals surface area contributed by atoms with Gasteiger partial charge in [0.15, 0.2) is 0 Å². The first-order valence-corrected chi connectivity index (χ1v) is 7.71. The number of para-hydroxylation sites is 1. The van der Waals surface area contributed by atoms with Gasteiger partial charge in [0.1, 0.15) is 6.33 Å². The predicted octanol–water partition coefficient (Wildman–Crippen LogP) is 2.79. The molecule has 0 spiro atoms. The number of rotatable bonds is 1. The third-order valence-electron chi connectivity index (χ3n) is 3.84. The molecule has 0 saturated carbocycles. The lowest BCUT2D eigenvalue weighted by molar-refractivity contribution is 0.288. The summed E-state index contributed by atoms with van der Waals surface area (Å²) < 4.78 is 2.42. The van der Waals surface area contributed by atoms with Crippen molar-refractivity contribution in [2.24, 2.45) is 0 Å². The number of hydrogen-bond acceptors (Lipinski definition) is 4. The van der Waals surface area contributed by atoms with Gasteiger partial charge in [-0.1, -0.05) is 34.1 Å². The Kier molecular flexibility index (Phi) is 3.02. The minimum atomic E-state index is -0.0881. The Morgan fingerprint density at radius 3 is 2.86 bits per heavy atom. The minimum Gasteiger partial charge on any atom is -0.267 e. The molecule has 0 bridgehead atoms. The van der Waals surface area contributed by atoms with Crippen molar-refractivity contribution in [2.45, 2.75) is 6.54 Å². The average Bonchev–Trinajstić information content (AvgIpc) is 2.84. The van der Waals surface area contributed by atoms with Crippen molar-refractivity contribution in [3.8, 4) is 0 Å². The molecule has 0 fully saturated rings. The van der Waals surface area contributed by atoms with Crippen molar-refractivity contribution in [1.29, 1.82) is 0 Å². The number of anilines is 1. The number of hydrogen-bond donors (Lipinski definition) is 0. The zero-order chi connectivity index (χ0) is 15.3. The van der Waals surface area contributed by atoms with E-state index in [1.807, 2.05) is 53.6 Å². The van der Waals surface area contributed by atoms with E-state index in [1.54, 1.807) is 11.0 Å². The molecule has 1 aromatic heterocycles. The summed E-state index contributed by atoms with van der Waals surface area (Å²) in [6.07, 6.45) is 1.58. The summed E-state index contributed by atoms with van der Waals surface area (Å²) in [6.45, 7) is 0.763. The van der Waals surface area contributed by atoms with Crippen LogP contribution < -0.4 is 10.7 Å². The number of halogens is 1. The second-order valence-electron chi connectivity index (χ2n) is 5.29. The first-order valence-electron chi connectivity index (χ1n) is 6.91. The van der Waals surface area contributed by atoms with Crippen LogP contribution in [0.1, 0.15) is 5.56 Å². The smallest absolute Gasteiger partial charge is 0.267 e. The SMILES string of the molecule is CN1Cc2ccccc2N1n1cnc2ccc(Br)cc2c1=O. The number of benzene rings is 2. The van der Waals surface area contributed by atoms with Gasteiger partial charge >= 0.3 is 0 Å². The monoisotopic (exact) mass is 356 g/mol. The van der Waals surface area contributed by atoms with E-state index in [9.17, 15) is 4.79 Å². The predicted molar refractivity (Wildman–Crippen MR) is 89.5 cm³/mol. The first kappa shape index (κ1) is 13.5. The van der Waals surface area contributed by atoms with Crippen molar-refractivity contribution in [1.82, 2.24) is 14.7 Å². The van der Waals surface area contributed by atoms with E-state index in [1.165, 1.54) is 5.56 Å². The minimum absolute atomic E-state index is 0.0881. The van der Waals surface area contributed by atoms with Crippen molar-refractivity contribution in [3.63, 3.8) is 0 Å². The second-order valence-corrected chi connectivity index (χ2v) is 6.21. The van der Waals surface area contributed by atoms with E-state index in [2.05, 4.69) is 27.0 Å². The number of nitrogens with zero attached hydrogens (tertiary/aromatic N) is 4. The van der Waals surface area contributed by atoms with E-state index in [0.717, 1.165) is 16.7 Å². The van der Waals surface area contributed by atoms with Gasteiger partial charge in [0, 0.05) is 18.1 Å². The van der Waals surface area contributed by atoms with Gasteiger partial charge in [0.05, 0.1) is 16.6 Å². The number of aromatic nitrogens is 2. The van der Waals surface area contributed by atoms with Crippen molar-refractivity contribution in [3.05, 3.63) is 69.2 Å². The average molecular weight is 357 g/mol. The Morgan fingerprint density at radius 1 is 1.18 bits per heavy atom. The zero-order valence-corrected chi connectivity index (χ0v) is 13.5. The van der Waals surface area contributed by atoms with Crippen LogP contribution in [0.15, 0.2) is 58.1 Å². The number of fused-ring (bicyclic) bond motifs is 2. The standard InChI is InChI=1S/C16H13BrN4O/c1-19-9-11-4-2-3-5-15(11)21(19)20-10-18-14-7-6-12(17)8-13(14)16(20)22/h2-8,10H,9H2,1H3. The van der Waals surface area contributed by atoms with Crippen LogP contribution in [0.5, 0.6) is 0 Å². The quantitative estimate of drug-likeness (QED) is 0.672. The Hall–Kier alpha value is -2.18. The molecule has 0 amide bonds. The van der Waals surface area contributed by atoms with Crippen molar-refractivity contribution >= 4 is 32.5 Å². The lowest BCUT2D eigenvalue weighted by atomic mass is 10.2. The summed E-state index contributed by atoms with van der Waals surface area (Å²) in [4.78, 5) is 17.3. The molecule has 5 nitrogen and oxygen atoms in total. The Labute approximate surface area is 135 Å². The van der Waals surface area contributed by atoms with Crippen LogP contribution in [0.25, 0.3) is 10.9 Å². The van der Waals surface area contributed by atoms with Crippen molar-refractivity contribution in [2.75, 3.05) is 12.2 Å². The van der Waals surface area contributed by atoms with Crippen LogP contribution >= 0.6 is 15.9 Å². The van der Waals surface area contributed by atoms with Crippen LogP contribution in [-0.2, 0) is 6.54 Å². The van der Waals surface area contributed by atoms with E-state index < -0.39 is 0 Å². The molecule has 110 valence electrons. The zero-order valence-electron chi connectivity index (χ0n) is 11.9. The third kappa shape index (κ3) is 1.95. The molecule has 2 heterocycles. The molecule has 0 saturated heterocycles. The largest absolute Gasteiger partial charge is 0.281 e. The maximum Gasteiger partial charge on any atom is 0.281 e. The molecule has 0 unspecified atom stereocenters. The van der Waals surface area contributed by atoms with Gasteiger partial charge in [0.2, 0.25) is 0 Å². The summed E-state index contributed by atoms with van der Waals surface area (Å²) in [6, 6.07) is 13.6. The second kappa shape index (κ2) is 4.93. The van der Waals surface area contributed by atoms with Gasteiger partial charge in [-0.2, -0.15) is 9.69 Å². The Bertz CT molecular complexity index is 937. The Balaban J connectivity index is 1.95. The van der Waals surface area contributed by atoms with Gasteiger partial charge in [0.25, 0.3) is 5.56 Å². The number of hydrazine groups is 1. The van der Waals surface area contributed by atoms with Gasteiger partial charge in [-0.15, -0.1) is 0 Å². The van der Waals surface area contributed by atoms with E-state index in [-0.39, 0.29) is 5.56 Å². The fraction of sp³-hybridized carbons (Fsp3) is 0.125. The summed E-state index contributed by atoms with van der Waals surface area (Å²) in [5, 5.41) is 4.46. The summed E-state index contributed by atoms with van der Waals surface area (Å²) >= 11 is 3.41. The molecule has 2 aromatic carbocycles. The molecule has 1 aliphatic rings. The van der Waals surface area contributed by atoms with Crippen LogP contribution in [0.3, 0.4) is 0 Å². The molecular weight excluding hydrogens is 344 g/mol. The van der Waals surface area contributed by atoms with Gasteiger partial charge < -0.3 is 0 Å². The van der Waals surface area contributed by atoms with E-state index in [0.29, 0.717) is 10.9 Å². The molecule has 3 aromatic rings. The molecule has 0 aliphatic carbocycles. The molecule has 4 rings (SSSR count). The van der Waals surface area contributed by atoms with Crippen LogP contribution in [0, 0.1) is 0 Å². The third-order valence-corrected chi connectivity index (χ3v) is 4.33. The maximum atomic E-state index is 12.9. The molecule has 0 N–H and O–H groups in total. The summed E-state index contributed by atoms with van der Waals surface area (Å²) in [7, 11) is 1.96. The van der Waals surface area contributed by atoms with Crippen molar-refractivity contribution < 1.29 is 0 Å². The van der Waals surface area contributed by atoms with Crippen LogP contribution in [0.4, 0.5) is 5.69 Å². The normalized spacial score (nSPS) is 14.5. The highest BCUT2D eigenvalue weighted by atomic mass is 79.9. The van der Waals surface area contributed by atoms with Gasteiger partial charge in [-0.3, -0.25) is 4.79 Å². The lowest BCUT2D eigenvalue weighted by Gasteiger charge is -2.27. The molecule has 22 heavy (non-hydrogen) atoms. The fourth-order valence-electron chi connectivity index (χ4n) is 2.84. The van der Waals surface area contributed by atoms with Crippen LogP contribution in [0.2, 0.25) is 0 Å². The lowest BCUT2D eigenvalue weighted by Crippen LogP contribution is -2.45. The van der Waals surface area contributed by atoms with E-state index >= 15 is 0 Å². The Morgan fingerprint density at radius 2 is 2.00 bits per heavy atom. The first-order chi connectivity index (χ1) is 10.6. The summed E-state index contributed by atoms with van der Waals surface area (Å²) in [5.41, 5.74) is 2.80. The highest BCUT2D eigenvalue weighted by Gasteiger charge is 2.26. The van der Waals surface area contributed by atoms with Gasteiger partial charge in [-0.25, -0.2) is 10.1 Å². The fourth-order valence-corrected chi connectivity index (χ4v) is 3.20.